The number of carbonyl (C=O) groups is 2. The number of aromatic nitrogens is 1. The average Bonchev–Trinajstić information content (AvgIpc) is 2.89. The van der Waals surface area contributed by atoms with E-state index in [2.05, 4.69) is 10.3 Å². The number of rotatable bonds is 4. The lowest BCUT2D eigenvalue weighted by molar-refractivity contribution is -0.131. The zero-order valence-corrected chi connectivity index (χ0v) is 15.2. The number of amides is 1. The lowest BCUT2D eigenvalue weighted by Crippen LogP contribution is -2.16. The van der Waals surface area contributed by atoms with Gasteiger partial charge < -0.3 is 4.74 Å². The Morgan fingerprint density at radius 1 is 1.25 bits per heavy atom. The molecule has 0 saturated carbocycles. The van der Waals surface area contributed by atoms with E-state index in [1.54, 1.807) is 19.1 Å². The summed E-state index contributed by atoms with van der Waals surface area (Å²) in [4.78, 5) is 27.6. The van der Waals surface area contributed by atoms with Crippen LogP contribution in [0.15, 0.2) is 22.5 Å². The van der Waals surface area contributed by atoms with Gasteiger partial charge in [0.25, 0.3) is 5.91 Å². The normalized spacial score (nSPS) is 11.2. The van der Waals surface area contributed by atoms with E-state index in [0.29, 0.717) is 5.56 Å². The molecule has 0 radical (unpaired) electrons. The molecule has 0 saturated heterocycles. The highest BCUT2D eigenvalue weighted by Crippen LogP contribution is 2.28. The molecule has 0 fully saturated rings. The SMILES string of the molecule is CC(=O)Oc1c(C)cc(C)cc1C(=O)Nc1ncc(S(C)(=O)=O)s1. The number of thiazole rings is 1. The summed E-state index contributed by atoms with van der Waals surface area (Å²) in [5, 5.41) is 2.68. The van der Waals surface area contributed by atoms with E-state index in [1.807, 2.05) is 6.92 Å². The van der Waals surface area contributed by atoms with E-state index in [9.17, 15) is 18.0 Å². The molecule has 1 N–H and O–H groups in total. The topological polar surface area (TPSA) is 102 Å². The second kappa shape index (κ2) is 6.70. The van der Waals surface area contributed by atoms with Gasteiger partial charge in [-0.15, -0.1) is 0 Å². The van der Waals surface area contributed by atoms with Crippen LogP contribution < -0.4 is 10.1 Å². The van der Waals surface area contributed by atoms with Crippen LogP contribution in [0.4, 0.5) is 5.13 Å². The van der Waals surface area contributed by atoms with Gasteiger partial charge in [-0.1, -0.05) is 17.4 Å². The number of ether oxygens (including phenoxy) is 1. The number of aryl methyl sites for hydroxylation is 2. The van der Waals surface area contributed by atoms with Crippen molar-refractivity contribution in [2.45, 2.75) is 25.0 Å². The van der Waals surface area contributed by atoms with Crippen LogP contribution in [0.5, 0.6) is 5.75 Å². The minimum absolute atomic E-state index is 0.0541. The summed E-state index contributed by atoms with van der Waals surface area (Å²) in [6.07, 6.45) is 2.25. The number of carbonyl (C=O) groups excluding carboxylic acids is 2. The minimum Gasteiger partial charge on any atom is -0.426 e. The van der Waals surface area contributed by atoms with E-state index in [1.165, 1.54) is 13.1 Å². The van der Waals surface area contributed by atoms with Crippen molar-refractivity contribution in [3.8, 4) is 5.75 Å². The van der Waals surface area contributed by atoms with Crippen LogP contribution in [-0.2, 0) is 14.6 Å². The van der Waals surface area contributed by atoms with E-state index in [0.717, 1.165) is 23.2 Å². The second-order valence-electron chi connectivity index (χ2n) is 5.26. The summed E-state index contributed by atoms with van der Waals surface area (Å²) in [6, 6.07) is 3.38. The maximum absolute atomic E-state index is 12.5. The Morgan fingerprint density at radius 2 is 1.92 bits per heavy atom. The monoisotopic (exact) mass is 368 g/mol. The smallest absolute Gasteiger partial charge is 0.308 e. The van der Waals surface area contributed by atoms with E-state index >= 15 is 0 Å². The summed E-state index contributed by atoms with van der Waals surface area (Å²) in [5.74, 6) is -0.900. The zero-order chi connectivity index (χ0) is 18.1. The summed E-state index contributed by atoms with van der Waals surface area (Å²) >= 11 is 0.852. The lowest BCUT2D eigenvalue weighted by atomic mass is 10.0. The Balaban J connectivity index is 2.36. The van der Waals surface area contributed by atoms with Crippen molar-refractivity contribution in [2.24, 2.45) is 0 Å². The maximum atomic E-state index is 12.5. The van der Waals surface area contributed by atoms with Crippen LogP contribution in [0.3, 0.4) is 0 Å². The molecule has 1 amide bonds. The number of nitrogens with one attached hydrogen (secondary N) is 1. The van der Waals surface area contributed by atoms with Gasteiger partial charge in [0.15, 0.2) is 15.0 Å². The van der Waals surface area contributed by atoms with Gasteiger partial charge in [0.05, 0.1) is 11.8 Å². The first-order valence-corrected chi connectivity index (χ1v) is 9.55. The van der Waals surface area contributed by atoms with Gasteiger partial charge in [-0.2, -0.15) is 0 Å². The average molecular weight is 368 g/mol. The molecular formula is C15H16N2O5S2. The van der Waals surface area contributed by atoms with Crippen molar-refractivity contribution in [1.82, 2.24) is 4.98 Å². The van der Waals surface area contributed by atoms with Crippen LogP contribution >= 0.6 is 11.3 Å². The van der Waals surface area contributed by atoms with E-state index in [-0.39, 0.29) is 20.7 Å². The van der Waals surface area contributed by atoms with Gasteiger partial charge in [-0.3, -0.25) is 14.9 Å². The number of hydrogen-bond donors (Lipinski definition) is 1. The molecule has 2 rings (SSSR count). The molecule has 0 bridgehead atoms. The number of anilines is 1. The molecule has 0 aliphatic heterocycles. The van der Waals surface area contributed by atoms with E-state index < -0.39 is 21.7 Å². The largest absolute Gasteiger partial charge is 0.426 e. The van der Waals surface area contributed by atoms with Crippen molar-refractivity contribution in [3.05, 3.63) is 35.0 Å². The fraction of sp³-hybridized carbons (Fsp3) is 0.267. The third-order valence-corrected chi connectivity index (χ3v) is 5.68. The number of sulfone groups is 1. The Kier molecular flexibility index (Phi) is 5.05. The predicted octanol–water partition coefficient (Wildman–Crippen LogP) is 2.34. The van der Waals surface area contributed by atoms with Gasteiger partial charge >= 0.3 is 5.97 Å². The standard InChI is InChI=1S/C15H16N2O5S2/c1-8-5-9(2)13(22-10(3)18)11(6-8)14(19)17-15-16-7-12(23-15)24(4,20)21/h5-7H,1-4H3,(H,16,17,19). The number of benzene rings is 1. The third-order valence-electron chi connectivity index (χ3n) is 2.98. The first kappa shape index (κ1) is 18.1. The predicted molar refractivity (Wildman–Crippen MR) is 90.4 cm³/mol. The van der Waals surface area contributed by atoms with Crippen molar-refractivity contribution < 1.29 is 22.7 Å². The molecular weight excluding hydrogens is 352 g/mol. The van der Waals surface area contributed by atoms with Crippen LogP contribution in [0.1, 0.15) is 28.4 Å². The fourth-order valence-corrected chi connectivity index (χ4v) is 3.69. The molecule has 1 heterocycles. The van der Waals surface area contributed by atoms with Crippen molar-refractivity contribution >= 4 is 38.2 Å². The minimum atomic E-state index is -3.38. The highest BCUT2D eigenvalue weighted by molar-refractivity contribution is 7.92. The van der Waals surface area contributed by atoms with Gasteiger partial charge in [0, 0.05) is 13.2 Å². The molecule has 7 nitrogen and oxygen atoms in total. The Labute approximate surface area is 143 Å². The van der Waals surface area contributed by atoms with Crippen molar-refractivity contribution in [2.75, 3.05) is 11.6 Å². The fourth-order valence-electron chi connectivity index (χ4n) is 2.06. The molecule has 1 aromatic heterocycles. The molecule has 9 heteroatoms. The molecule has 1 aromatic carbocycles. The van der Waals surface area contributed by atoms with Crippen LogP contribution in [-0.4, -0.2) is 31.5 Å². The van der Waals surface area contributed by atoms with E-state index in [4.69, 9.17) is 4.74 Å². The molecule has 0 spiro atoms. The number of esters is 1. The highest BCUT2D eigenvalue weighted by Gasteiger charge is 2.19. The van der Waals surface area contributed by atoms with Crippen molar-refractivity contribution in [1.29, 1.82) is 0 Å². The lowest BCUT2D eigenvalue weighted by Gasteiger charge is -2.12. The summed E-state index contributed by atoms with van der Waals surface area (Å²) in [7, 11) is -3.38. The second-order valence-corrected chi connectivity index (χ2v) is 8.54. The molecule has 2 aromatic rings. The maximum Gasteiger partial charge on any atom is 0.308 e. The zero-order valence-electron chi connectivity index (χ0n) is 13.5. The van der Waals surface area contributed by atoms with Crippen LogP contribution in [0.2, 0.25) is 0 Å². The molecule has 24 heavy (non-hydrogen) atoms. The molecule has 0 atom stereocenters. The molecule has 0 aliphatic rings. The summed E-state index contributed by atoms with van der Waals surface area (Å²) < 4.78 is 28.1. The quantitative estimate of drug-likeness (QED) is 0.656. The molecule has 128 valence electrons. The molecule has 0 unspecified atom stereocenters. The van der Waals surface area contributed by atoms with Crippen molar-refractivity contribution in [3.63, 3.8) is 0 Å². The van der Waals surface area contributed by atoms with Gasteiger partial charge in [-0.25, -0.2) is 13.4 Å². The first-order valence-electron chi connectivity index (χ1n) is 6.85. The number of nitrogens with zero attached hydrogens (tertiary/aromatic N) is 1. The Morgan fingerprint density at radius 3 is 2.46 bits per heavy atom. The highest BCUT2D eigenvalue weighted by atomic mass is 32.2. The Bertz CT molecular complexity index is 916. The third kappa shape index (κ3) is 4.18. The van der Waals surface area contributed by atoms with Gasteiger partial charge in [0.2, 0.25) is 0 Å². The van der Waals surface area contributed by atoms with Crippen LogP contribution in [0.25, 0.3) is 0 Å². The molecule has 0 aliphatic carbocycles. The number of hydrogen-bond acceptors (Lipinski definition) is 7. The van der Waals surface area contributed by atoms with Gasteiger partial charge in [0.1, 0.15) is 9.96 Å². The first-order chi connectivity index (χ1) is 11.1. The van der Waals surface area contributed by atoms with Crippen LogP contribution in [0, 0.1) is 13.8 Å². The summed E-state index contributed by atoms with van der Waals surface area (Å²) in [5.41, 5.74) is 1.65. The Hall–Kier alpha value is -2.26. The van der Waals surface area contributed by atoms with Gasteiger partial charge in [-0.05, 0) is 31.0 Å². The summed E-state index contributed by atoms with van der Waals surface area (Å²) in [6.45, 7) is 4.79.